The molecule has 1 rings (SSSR count). The van der Waals surface area contributed by atoms with Crippen molar-refractivity contribution in [3.63, 3.8) is 0 Å². The second kappa shape index (κ2) is 6.23. The number of benzene rings is 1. The fourth-order valence-corrected chi connectivity index (χ4v) is 2.27. The molecule has 0 radical (unpaired) electrons. The number of aryl methyl sites for hydroxylation is 1. The maximum absolute atomic E-state index is 10.5. The fraction of sp³-hybridized carbons (Fsp3) is 0.455. The van der Waals surface area contributed by atoms with E-state index in [1.165, 1.54) is 0 Å². The van der Waals surface area contributed by atoms with Crippen molar-refractivity contribution in [3.8, 4) is 0 Å². The Bertz CT molecular complexity index is 474. The molecular formula is C11H16ClNO3S. The summed E-state index contributed by atoms with van der Waals surface area (Å²) in [6, 6.07) is 5.70. The predicted octanol–water partition coefficient (Wildman–Crippen LogP) is 2.73. The Morgan fingerprint density at radius 1 is 1.35 bits per heavy atom. The first-order valence-corrected chi connectivity index (χ1v) is 7.32. The summed E-state index contributed by atoms with van der Waals surface area (Å²) in [4.78, 5) is 0. The van der Waals surface area contributed by atoms with Gasteiger partial charge in [0.05, 0.1) is 16.5 Å². The van der Waals surface area contributed by atoms with Crippen LogP contribution in [0.5, 0.6) is 0 Å². The van der Waals surface area contributed by atoms with E-state index in [0.29, 0.717) is 24.4 Å². The van der Waals surface area contributed by atoms with Crippen molar-refractivity contribution in [2.45, 2.75) is 19.8 Å². The third kappa shape index (κ3) is 5.91. The minimum absolute atomic E-state index is 0.198. The van der Waals surface area contributed by atoms with E-state index in [9.17, 15) is 8.42 Å². The average molecular weight is 278 g/mol. The number of hydrogen-bond donors (Lipinski definition) is 2. The van der Waals surface area contributed by atoms with Gasteiger partial charge in [-0.15, -0.1) is 0 Å². The van der Waals surface area contributed by atoms with Crippen LogP contribution in [-0.4, -0.2) is 25.3 Å². The van der Waals surface area contributed by atoms with E-state index < -0.39 is 10.1 Å². The van der Waals surface area contributed by atoms with Crippen LogP contribution in [0.15, 0.2) is 18.2 Å². The van der Waals surface area contributed by atoms with E-state index in [2.05, 4.69) is 5.32 Å². The van der Waals surface area contributed by atoms with Crippen molar-refractivity contribution in [1.29, 1.82) is 0 Å². The van der Waals surface area contributed by atoms with Crippen LogP contribution < -0.4 is 5.32 Å². The molecular weight excluding hydrogens is 262 g/mol. The lowest BCUT2D eigenvalue weighted by atomic mass is 10.2. The minimum atomic E-state index is -3.84. The molecule has 2 N–H and O–H groups in total. The Morgan fingerprint density at radius 3 is 2.65 bits per heavy atom. The van der Waals surface area contributed by atoms with Crippen molar-refractivity contribution < 1.29 is 13.0 Å². The van der Waals surface area contributed by atoms with Gasteiger partial charge in [-0.05, 0) is 37.5 Å². The third-order valence-corrected chi connectivity index (χ3v) is 3.39. The molecule has 0 aliphatic carbocycles. The highest BCUT2D eigenvalue weighted by atomic mass is 35.5. The van der Waals surface area contributed by atoms with Gasteiger partial charge in [0, 0.05) is 6.54 Å². The molecule has 0 amide bonds. The lowest BCUT2D eigenvalue weighted by Gasteiger charge is -2.08. The SMILES string of the molecule is Cc1ccc(NCCCCS(=O)(=O)O)c(Cl)c1. The molecule has 6 heteroatoms. The monoisotopic (exact) mass is 277 g/mol. The van der Waals surface area contributed by atoms with Crippen LogP contribution >= 0.6 is 11.6 Å². The molecule has 0 aromatic heterocycles. The summed E-state index contributed by atoms with van der Waals surface area (Å²) in [5, 5.41) is 3.77. The number of rotatable bonds is 6. The first-order valence-electron chi connectivity index (χ1n) is 5.34. The summed E-state index contributed by atoms with van der Waals surface area (Å²) in [7, 11) is -3.84. The molecule has 0 spiro atoms. The van der Waals surface area contributed by atoms with E-state index in [-0.39, 0.29) is 5.75 Å². The van der Waals surface area contributed by atoms with Crippen LogP contribution in [0.3, 0.4) is 0 Å². The summed E-state index contributed by atoms with van der Waals surface area (Å²) in [5.74, 6) is -0.198. The Kier molecular flexibility index (Phi) is 5.24. The zero-order chi connectivity index (χ0) is 12.9. The molecule has 96 valence electrons. The number of unbranched alkanes of at least 4 members (excludes halogenated alkanes) is 1. The van der Waals surface area contributed by atoms with Crippen molar-refractivity contribution >= 4 is 27.4 Å². The number of halogens is 1. The molecule has 0 saturated carbocycles. The highest BCUT2D eigenvalue weighted by Crippen LogP contribution is 2.22. The second-order valence-electron chi connectivity index (χ2n) is 3.90. The predicted molar refractivity (Wildman–Crippen MR) is 70.3 cm³/mol. The quantitative estimate of drug-likeness (QED) is 0.620. The number of nitrogens with one attached hydrogen (secondary N) is 1. The van der Waals surface area contributed by atoms with Gasteiger partial charge in [0.2, 0.25) is 0 Å². The van der Waals surface area contributed by atoms with Gasteiger partial charge >= 0.3 is 0 Å². The molecule has 0 heterocycles. The van der Waals surface area contributed by atoms with Crippen molar-refractivity contribution in [3.05, 3.63) is 28.8 Å². The highest BCUT2D eigenvalue weighted by molar-refractivity contribution is 7.85. The smallest absolute Gasteiger partial charge is 0.264 e. The number of hydrogen-bond acceptors (Lipinski definition) is 3. The molecule has 0 fully saturated rings. The van der Waals surface area contributed by atoms with E-state index >= 15 is 0 Å². The van der Waals surface area contributed by atoms with E-state index in [0.717, 1.165) is 11.3 Å². The minimum Gasteiger partial charge on any atom is -0.384 e. The first-order chi connectivity index (χ1) is 7.88. The molecule has 1 aromatic rings. The summed E-state index contributed by atoms with van der Waals surface area (Å²) < 4.78 is 29.5. The van der Waals surface area contributed by atoms with Gasteiger partial charge in [0.25, 0.3) is 10.1 Å². The molecule has 0 saturated heterocycles. The van der Waals surface area contributed by atoms with E-state index in [1.807, 2.05) is 25.1 Å². The third-order valence-electron chi connectivity index (χ3n) is 2.27. The normalized spacial score (nSPS) is 11.5. The summed E-state index contributed by atoms with van der Waals surface area (Å²) >= 11 is 6.02. The van der Waals surface area contributed by atoms with Gasteiger partial charge < -0.3 is 5.32 Å². The van der Waals surface area contributed by atoms with Gasteiger partial charge in [0.15, 0.2) is 0 Å². The zero-order valence-corrected chi connectivity index (χ0v) is 11.2. The number of anilines is 1. The molecule has 17 heavy (non-hydrogen) atoms. The second-order valence-corrected chi connectivity index (χ2v) is 5.88. The zero-order valence-electron chi connectivity index (χ0n) is 9.61. The summed E-state index contributed by atoms with van der Waals surface area (Å²) in [6.45, 7) is 2.58. The standard InChI is InChI=1S/C11H16ClNO3S/c1-9-4-5-11(10(12)8-9)13-6-2-3-7-17(14,15)16/h4-5,8,13H,2-3,6-7H2,1H3,(H,14,15,16). The van der Waals surface area contributed by atoms with Crippen molar-refractivity contribution in [2.75, 3.05) is 17.6 Å². The van der Waals surface area contributed by atoms with Gasteiger partial charge in [-0.3, -0.25) is 4.55 Å². The van der Waals surface area contributed by atoms with Crippen molar-refractivity contribution in [2.24, 2.45) is 0 Å². The lowest BCUT2D eigenvalue weighted by molar-refractivity contribution is 0.480. The molecule has 0 atom stereocenters. The van der Waals surface area contributed by atoms with Gasteiger partial charge in [0.1, 0.15) is 0 Å². The summed E-state index contributed by atoms with van der Waals surface area (Å²) in [5.41, 5.74) is 1.93. The van der Waals surface area contributed by atoms with E-state index in [4.69, 9.17) is 16.2 Å². The maximum Gasteiger partial charge on any atom is 0.264 e. The van der Waals surface area contributed by atoms with Crippen LogP contribution in [0.25, 0.3) is 0 Å². The largest absolute Gasteiger partial charge is 0.384 e. The van der Waals surface area contributed by atoms with Gasteiger partial charge in [-0.1, -0.05) is 17.7 Å². The topological polar surface area (TPSA) is 66.4 Å². The van der Waals surface area contributed by atoms with Crippen LogP contribution in [-0.2, 0) is 10.1 Å². The Morgan fingerprint density at radius 2 is 2.06 bits per heavy atom. The Balaban J connectivity index is 2.32. The van der Waals surface area contributed by atoms with E-state index in [1.54, 1.807) is 0 Å². The molecule has 0 unspecified atom stereocenters. The van der Waals surface area contributed by atoms with Crippen molar-refractivity contribution in [1.82, 2.24) is 0 Å². The fourth-order valence-electron chi connectivity index (χ4n) is 1.40. The molecule has 0 bridgehead atoms. The first kappa shape index (κ1) is 14.3. The highest BCUT2D eigenvalue weighted by Gasteiger charge is 2.03. The molecule has 1 aromatic carbocycles. The molecule has 4 nitrogen and oxygen atoms in total. The average Bonchev–Trinajstić information content (AvgIpc) is 2.18. The van der Waals surface area contributed by atoms with Crippen LogP contribution in [0.4, 0.5) is 5.69 Å². The van der Waals surface area contributed by atoms with Crippen LogP contribution in [0.2, 0.25) is 5.02 Å². The van der Waals surface area contributed by atoms with Gasteiger partial charge in [-0.2, -0.15) is 8.42 Å². The maximum atomic E-state index is 10.5. The Labute approximate surface area is 107 Å². The molecule has 0 aliphatic rings. The molecule has 0 aliphatic heterocycles. The lowest BCUT2D eigenvalue weighted by Crippen LogP contribution is -2.07. The van der Waals surface area contributed by atoms with Gasteiger partial charge in [-0.25, -0.2) is 0 Å². The van der Waals surface area contributed by atoms with Crippen LogP contribution in [0, 0.1) is 6.92 Å². The van der Waals surface area contributed by atoms with Crippen LogP contribution in [0.1, 0.15) is 18.4 Å². The Hall–Kier alpha value is -0.780. The summed E-state index contributed by atoms with van der Waals surface area (Å²) in [6.07, 6.45) is 1.08.